The van der Waals surface area contributed by atoms with Crippen molar-refractivity contribution in [1.29, 1.82) is 0 Å². The molecule has 0 spiro atoms. The standard InChI is InChI=1S/C14H10ClN3O3/c15-9-3-1-2-8(12(9)19)13(20)16-7-4-5-10-11(6-7)18-14(21)17-10/h1-6,19H,(H,16,20)(H2,17,18,21). The molecule has 2 aromatic carbocycles. The molecule has 1 heterocycles. The lowest BCUT2D eigenvalue weighted by molar-refractivity contribution is 0.102. The van der Waals surface area contributed by atoms with Crippen molar-refractivity contribution in [1.82, 2.24) is 9.97 Å². The van der Waals surface area contributed by atoms with Crippen LogP contribution in [-0.4, -0.2) is 21.0 Å². The molecule has 3 rings (SSSR count). The Morgan fingerprint density at radius 2 is 1.90 bits per heavy atom. The molecule has 0 aliphatic carbocycles. The van der Waals surface area contributed by atoms with Crippen LogP contribution in [0.5, 0.6) is 5.75 Å². The van der Waals surface area contributed by atoms with Gasteiger partial charge in [0.1, 0.15) is 5.75 Å². The van der Waals surface area contributed by atoms with E-state index >= 15 is 0 Å². The highest BCUT2D eigenvalue weighted by Gasteiger charge is 2.13. The number of para-hydroxylation sites is 1. The van der Waals surface area contributed by atoms with Gasteiger partial charge in [-0.1, -0.05) is 17.7 Å². The number of fused-ring (bicyclic) bond motifs is 1. The molecule has 0 aliphatic heterocycles. The van der Waals surface area contributed by atoms with E-state index in [1.54, 1.807) is 24.3 Å². The molecule has 1 amide bonds. The fourth-order valence-corrected chi connectivity index (χ4v) is 2.18. The summed E-state index contributed by atoms with van der Waals surface area (Å²) in [5.74, 6) is -0.764. The number of carbonyl (C=O) groups excluding carboxylic acids is 1. The van der Waals surface area contributed by atoms with E-state index in [0.29, 0.717) is 16.7 Å². The van der Waals surface area contributed by atoms with Crippen LogP contribution in [0.1, 0.15) is 10.4 Å². The number of aromatic hydroxyl groups is 1. The predicted octanol–water partition coefficient (Wildman–Crippen LogP) is 2.47. The number of hydrogen-bond acceptors (Lipinski definition) is 3. The molecule has 106 valence electrons. The third-order valence-corrected chi connectivity index (χ3v) is 3.31. The monoisotopic (exact) mass is 303 g/mol. The number of aromatic nitrogens is 2. The van der Waals surface area contributed by atoms with Crippen molar-refractivity contribution in [3.63, 3.8) is 0 Å². The topological polar surface area (TPSA) is 98.0 Å². The molecular formula is C14H10ClN3O3. The molecule has 0 fully saturated rings. The van der Waals surface area contributed by atoms with Crippen LogP contribution in [0, 0.1) is 0 Å². The Labute approximate surface area is 123 Å². The Balaban J connectivity index is 1.92. The van der Waals surface area contributed by atoms with E-state index in [0.717, 1.165) is 0 Å². The highest BCUT2D eigenvalue weighted by atomic mass is 35.5. The molecule has 4 N–H and O–H groups in total. The molecule has 0 bridgehead atoms. The third kappa shape index (κ3) is 2.48. The molecule has 6 nitrogen and oxygen atoms in total. The van der Waals surface area contributed by atoms with Gasteiger partial charge in [0.25, 0.3) is 5.91 Å². The molecule has 1 aromatic heterocycles. The number of anilines is 1. The van der Waals surface area contributed by atoms with E-state index in [1.165, 1.54) is 12.1 Å². The Hall–Kier alpha value is -2.73. The van der Waals surface area contributed by atoms with Gasteiger partial charge in [0.05, 0.1) is 21.6 Å². The number of benzene rings is 2. The Kier molecular flexibility index (Phi) is 3.15. The smallest absolute Gasteiger partial charge is 0.323 e. The maximum Gasteiger partial charge on any atom is 0.323 e. The SMILES string of the molecule is O=C(Nc1ccc2[nH]c(=O)[nH]c2c1)c1cccc(Cl)c1O. The number of carbonyl (C=O) groups is 1. The van der Waals surface area contributed by atoms with Gasteiger partial charge in [0.2, 0.25) is 0 Å². The summed E-state index contributed by atoms with van der Waals surface area (Å²) in [6.45, 7) is 0. The summed E-state index contributed by atoms with van der Waals surface area (Å²) < 4.78 is 0. The van der Waals surface area contributed by atoms with Crippen molar-refractivity contribution in [3.8, 4) is 5.75 Å². The zero-order chi connectivity index (χ0) is 15.0. The summed E-state index contributed by atoms with van der Waals surface area (Å²) in [4.78, 5) is 28.5. The zero-order valence-corrected chi connectivity index (χ0v) is 11.4. The minimum absolute atomic E-state index is 0.0742. The lowest BCUT2D eigenvalue weighted by Gasteiger charge is -2.07. The van der Waals surface area contributed by atoms with Crippen LogP contribution in [0.3, 0.4) is 0 Å². The number of aromatic amines is 2. The van der Waals surface area contributed by atoms with Crippen molar-refractivity contribution < 1.29 is 9.90 Å². The largest absolute Gasteiger partial charge is 0.506 e. The van der Waals surface area contributed by atoms with Gasteiger partial charge in [-0.15, -0.1) is 0 Å². The first-order chi connectivity index (χ1) is 10.0. The van der Waals surface area contributed by atoms with Gasteiger partial charge in [-0.2, -0.15) is 0 Å². The van der Waals surface area contributed by atoms with Gasteiger partial charge < -0.3 is 20.4 Å². The summed E-state index contributed by atoms with van der Waals surface area (Å²) >= 11 is 5.77. The number of halogens is 1. The minimum atomic E-state index is -0.493. The summed E-state index contributed by atoms with van der Waals surface area (Å²) in [6.07, 6.45) is 0. The zero-order valence-electron chi connectivity index (χ0n) is 10.6. The summed E-state index contributed by atoms with van der Waals surface area (Å²) in [6, 6.07) is 9.46. The van der Waals surface area contributed by atoms with E-state index in [9.17, 15) is 14.7 Å². The van der Waals surface area contributed by atoms with E-state index in [-0.39, 0.29) is 22.0 Å². The molecule has 0 unspecified atom stereocenters. The average molecular weight is 304 g/mol. The van der Waals surface area contributed by atoms with E-state index < -0.39 is 5.91 Å². The highest BCUT2D eigenvalue weighted by molar-refractivity contribution is 6.32. The third-order valence-electron chi connectivity index (χ3n) is 3.01. The second-order valence-electron chi connectivity index (χ2n) is 4.43. The predicted molar refractivity (Wildman–Crippen MR) is 80.0 cm³/mol. The second-order valence-corrected chi connectivity index (χ2v) is 4.84. The minimum Gasteiger partial charge on any atom is -0.506 e. The quantitative estimate of drug-likeness (QED) is 0.585. The van der Waals surface area contributed by atoms with E-state index in [1.807, 2.05) is 0 Å². The van der Waals surface area contributed by atoms with Crippen LogP contribution in [0.15, 0.2) is 41.2 Å². The first-order valence-corrected chi connectivity index (χ1v) is 6.43. The number of phenolic OH excluding ortho intramolecular Hbond substituents is 1. The first kappa shape index (κ1) is 13.3. The molecule has 0 saturated heterocycles. The summed E-state index contributed by atoms with van der Waals surface area (Å²) in [5, 5.41) is 12.5. The van der Waals surface area contributed by atoms with Gasteiger partial charge >= 0.3 is 5.69 Å². The highest BCUT2D eigenvalue weighted by Crippen LogP contribution is 2.27. The Bertz CT molecular complexity index is 898. The number of amides is 1. The van der Waals surface area contributed by atoms with Gasteiger partial charge in [-0.3, -0.25) is 4.79 Å². The molecule has 3 aromatic rings. The van der Waals surface area contributed by atoms with Crippen molar-refractivity contribution >= 4 is 34.2 Å². The molecule has 21 heavy (non-hydrogen) atoms. The van der Waals surface area contributed by atoms with Crippen LogP contribution >= 0.6 is 11.6 Å². The average Bonchev–Trinajstić information content (AvgIpc) is 2.81. The molecule has 0 radical (unpaired) electrons. The van der Waals surface area contributed by atoms with Crippen molar-refractivity contribution in [2.75, 3.05) is 5.32 Å². The van der Waals surface area contributed by atoms with E-state index in [2.05, 4.69) is 15.3 Å². The lowest BCUT2D eigenvalue weighted by Crippen LogP contribution is -2.12. The fourth-order valence-electron chi connectivity index (χ4n) is 2.01. The van der Waals surface area contributed by atoms with Crippen molar-refractivity contribution in [2.24, 2.45) is 0 Å². The summed E-state index contributed by atoms with van der Waals surface area (Å²) in [5.41, 5.74) is 1.46. The van der Waals surface area contributed by atoms with Crippen molar-refractivity contribution in [3.05, 3.63) is 57.5 Å². The number of H-pyrrole nitrogens is 2. The number of phenols is 1. The first-order valence-electron chi connectivity index (χ1n) is 6.05. The Morgan fingerprint density at radius 3 is 2.71 bits per heavy atom. The number of rotatable bonds is 2. The van der Waals surface area contributed by atoms with Crippen LogP contribution in [-0.2, 0) is 0 Å². The molecule has 0 saturated carbocycles. The van der Waals surface area contributed by atoms with Crippen LogP contribution in [0.2, 0.25) is 5.02 Å². The second kappa shape index (κ2) is 4.99. The lowest BCUT2D eigenvalue weighted by atomic mass is 10.2. The maximum atomic E-state index is 12.1. The number of imidazole rings is 1. The van der Waals surface area contributed by atoms with E-state index in [4.69, 9.17) is 11.6 Å². The Morgan fingerprint density at radius 1 is 1.14 bits per heavy atom. The fraction of sp³-hybridized carbons (Fsp3) is 0. The van der Waals surface area contributed by atoms with Gasteiger partial charge in [-0.05, 0) is 30.3 Å². The summed E-state index contributed by atoms with van der Waals surface area (Å²) in [7, 11) is 0. The van der Waals surface area contributed by atoms with Gasteiger partial charge in [0.15, 0.2) is 0 Å². The molecule has 7 heteroatoms. The van der Waals surface area contributed by atoms with Gasteiger partial charge in [-0.25, -0.2) is 4.79 Å². The van der Waals surface area contributed by atoms with Crippen LogP contribution in [0.25, 0.3) is 11.0 Å². The number of hydrogen-bond donors (Lipinski definition) is 4. The van der Waals surface area contributed by atoms with Crippen molar-refractivity contribution in [2.45, 2.75) is 0 Å². The maximum absolute atomic E-state index is 12.1. The normalized spacial score (nSPS) is 10.7. The molecular weight excluding hydrogens is 294 g/mol. The molecule has 0 atom stereocenters. The molecule has 0 aliphatic rings. The van der Waals surface area contributed by atoms with Crippen LogP contribution in [0.4, 0.5) is 5.69 Å². The van der Waals surface area contributed by atoms with Crippen LogP contribution < -0.4 is 11.0 Å². The van der Waals surface area contributed by atoms with Gasteiger partial charge in [0, 0.05) is 5.69 Å². The number of nitrogens with one attached hydrogen (secondary N) is 3.